The third kappa shape index (κ3) is 4.85. The molecule has 1 aliphatic heterocycles. The van der Waals surface area contributed by atoms with Crippen LogP contribution in [0.15, 0.2) is 21.5 Å². The molecular formula is C12H16BrClF2N2O2S. The highest BCUT2D eigenvalue weighted by Gasteiger charge is 2.22. The summed E-state index contributed by atoms with van der Waals surface area (Å²) in [5.74, 6) is -1.50. The van der Waals surface area contributed by atoms with Crippen LogP contribution < -0.4 is 10.0 Å². The van der Waals surface area contributed by atoms with Gasteiger partial charge in [0.15, 0.2) is 0 Å². The topological polar surface area (TPSA) is 58.2 Å². The lowest BCUT2D eigenvalue weighted by Crippen LogP contribution is -2.27. The van der Waals surface area contributed by atoms with Crippen molar-refractivity contribution in [3.05, 3.63) is 28.2 Å². The lowest BCUT2D eigenvalue weighted by molar-refractivity contribution is 0.513. The zero-order valence-electron chi connectivity index (χ0n) is 11.0. The van der Waals surface area contributed by atoms with Crippen molar-refractivity contribution < 1.29 is 17.2 Å². The predicted molar refractivity (Wildman–Crippen MR) is 82.1 cm³/mol. The molecule has 0 bridgehead atoms. The Labute approximate surface area is 137 Å². The second-order valence-electron chi connectivity index (χ2n) is 4.74. The minimum atomic E-state index is -3.96. The van der Waals surface area contributed by atoms with E-state index < -0.39 is 26.6 Å². The summed E-state index contributed by atoms with van der Waals surface area (Å²) >= 11 is 2.85. The quantitative estimate of drug-likeness (QED) is 0.740. The molecule has 2 N–H and O–H groups in total. The highest BCUT2D eigenvalue weighted by Crippen LogP contribution is 2.23. The Morgan fingerprint density at radius 1 is 1.33 bits per heavy atom. The SMILES string of the molecule is Cl.O=S(=O)(NCCC1CCNC1)c1cc(Br)c(F)cc1F. The van der Waals surface area contributed by atoms with Gasteiger partial charge in [-0.05, 0) is 53.8 Å². The average Bonchev–Trinajstić information content (AvgIpc) is 2.86. The molecule has 9 heteroatoms. The molecule has 2 rings (SSSR count). The van der Waals surface area contributed by atoms with E-state index in [1.807, 2.05) is 0 Å². The summed E-state index contributed by atoms with van der Waals surface area (Å²) in [5, 5.41) is 3.19. The number of sulfonamides is 1. The van der Waals surface area contributed by atoms with Crippen molar-refractivity contribution in [1.29, 1.82) is 0 Å². The van der Waals surface area contributed by atoms with E-state index >= 15 is 0 Å². The molecule has 1 fully saturated rings. The Hall–Kier alpha value is -0.280. The minimum absolute atomic E-state index is 0. The van der Waals surface area contributed by atoms with Crippen LogP contribution in [0.25, 0.3) is 0 Å². The van der Waals surface area contributed by atoms with Gasteiger partial charge in [-0.25, -0.2) is 21.9 Å². The van der Waals surface area contributed by atoms with Crippen molar-refractivity contribution in [3.63, 3.8) is 0 Å². The van der Waals surface area contributed by atoms with Crippen molar-refractivity contribution in [2.45, 2.75) is 17.7 Å². The third-order valence-electron chi connectivity index (χ3n) is 3.27. The lowest BCUT2D eigenvalue weighted by atomic mass is 10.1. The Kier molecular flexibility index (Phi) is 6.99. The maximum Gasteiger partial charge on any atom is 0.243 e. The van der Waals surface area contributed by atoms with Crippen LogP contribution in [0.1, 0.15) is 12.8 Å². The van der Waals surface area contributed by atoms with Crippen LogP contribution in [0.3, 0.4) is 0 Å². The monoisotopic (exact) mass is 404 g/mol. The van der Waals surface area contributed by atoms with E-state index in [2.05, 4.69) is 26.0 Å². The Morgan fingerprint density at radius 3 is 2.67 bits per heavy atom. The van der Waals surface area contributed by atoms with Crippen LogP contribution in [0.2, 0.25) is 0 Å². The van der Waals surface area contributed by atoms with Gasteiger partial charge in [0, 0.05) is 12.6 Å². The van der Waals surface area contributed by atoms with Gasteiger partial charge in [-0.15, -0.1) is 12.4 Å². The molecule has 0 aliphatic carbocycles. The number of benzene rings is 1. The molecule has 0 saturated carbocycles. The van der Waals surface area contributed by atoms with Gasteiger partial charge in [0.2, 0.25) is 10.0 Å². The Balaban J connectivity index is 0.00000220. The van der Waals surface area contributed by atoms with Gasteiger partial charge < -0.3 is 5.32 Å². The largest absolute Gasteiger partial charge is 0.316 e. The smallest absolute Gasteiger partial charge is 0.243 e. The van der Waals surface area contributed by atoms with E-state index in [-0.39, 0.29) is 23.4 Å². The van der Waals surface area contributed by atoms with E-state index in [0.29, 0.717) is 18.4 Å². The molecule has 0 aromatic heterocycles. The fraction of sp³-hybridized carbons (Fsp3) is 0.500. The van der Waals surface area contributed by atoms with Crippen LogP contribution >= 0.6 is 28.3 Å². The second-order valence-corrected chi connectivity index (χ2v) is 7.33. The zero-order valence-corrected chi connectivity index (χ0v) is 14.3. The third-order valence-corrected chi connectivity index (χ3v) is 5.36. The minimum Gasteiger partial charge on any atom is -0.316 e. The lowest BCUT2D eigenvalue weighted by Gasteiger charge is -2.11. The standard InChI is InChI=1S/C12H15BrF2N2O2S.ClH/c13-9-5-12(11(15)6-10(9)14)20(18,19)17-4-2-8-1-3-16-7-8;/h5-6,8,16-17H,1-4,7H2;1H. The van der Waals surface area contributed by atoms with Gasteiger partial charge in [-0.3, -0.25) is 0 Å². The van der Waals surface area contributed by atoms with Gasteiger partial charge in [-0.2, -0.15) is 0 Å². The van der Waals surface area contributed by atoms with Crippen LogP contribution in [0, 0.1) is 17.6 Å². The van der Waals surface area contributed by atoms with E-state index in [0.717, 1.165) is 25.6 Å². The number of nitrogens with one attached hydrogen (secondary N) is 2. The summed E-state index contributed by atoms with van der Waals surface area (Å²) in [6.45, 7) is 2.05. The summed E-state index contributed by atoms with van der Waals surface area (Å²) in [4.78, 5) is -0.546. The summed E-state index contributed by atoms with van der Waals surface area (Å²) in [6, 6.07) is 1.49. The summed E-state index contributed by atoms with van der Waals surface area (Å²) in [7, 11) is -3.96. The molecule has 1 aliphatic rings. The van der Waals surface area contributed by atoms with Gasteiger partial charge in [0.1, 0.15) is 16.5 Å². The van der Waals surface area contributed by atoms with Crippen molar-refractivity contribution >= 4 is 38.4 Å². The normalized spacial score (nSPS) is 18.5. The summed E-state index contributed by atoms with van der Waals surface area (Å²) < 4.78 is 52.9. The number of rotatable bonds is 5. The van der Waals surface area contributed by atoms with Gasteiger partial charge in [0.25, 0.3) is 0 Å². The van der Waals surface area contributed by atoms with E-state index in [9.17, 15) is 17.2 Å². The molecular weight excluding hydrogens is 390 g/mol. The first-order valence-electron chi connectivity index (χ1n) is 6.25. The van der Waals surface area contributed by atoms with Crippen molar-refractivity contribution in [3.8, 4) is 0 Å². The molecule has 1 unspecified atom stereocenters. The summed E-state index contributed by atoms with van der Waals surface area (Å²) in [6.07, 6.45) is 1.70. The maximum atomic E-state index is 13.6. The fourth-order valence-corrected chi connectivity index (χ4v) is 3.77. The zero-order chi connectivity index (χ0) is 14.8. The molecule has 1 atom stereocenters. The maximum absolute atomic E-state index is 13.6. The fourth-order valence-electron chi connectivity index (χ4n) is 2.15. The van der Waals surface area contributed by atoms with Crippen LogP contribution in [-0.2, 0) is 10.0 Å². The highest BCUT2D eigenvalue weighted by molar-refractivity contribution is 9.10. The molecule has 0 radical (unpaired) electrons. The number of hydrogen-bond donors (Lipinski definition) is 2. The predicted octanol–water partition coefficient (Wildman–Crippen LogP) is 2.43. The van der Waals surface area contributed by atoms with E-state index in [1.165, 1.54) is 0 Å². The summed E-state index contributed by atoms with van der Waals surface area (Å²) in [5.41, 5.74) is 0. The molecule has 1 heterocycles. The van der Waals surface area contributed by atoms with Crippen molar-refractivity contribution in [1.82, 2.24) is 10.0 Å². The highest BCUT2D eigenvalue weighted by atomic mass is 79.9. The first-order valence-corrected chi connectivity index (χ1v) is 8.52. The Bertz CT molecular complexity index is 595. The molecule has 1 aromatic rings. The molecule has 1 saturated heterocycles. The molecule has 0 spiro atoms. The molecule has 120 valence electrons. The first kappa shape index (κ1) is 18.8. The molecule has 1 aromatic carbocycles. The molecule has 0 amide bonds. The van der Waals surface area contributed by atoms with Crippen molar-refractivity contribution in [2.75, 3.05) is 19.6 Å². The van der Waals surface area contributed by atoms with Crippen LogP contribution in [0.4, 0.5) is 8.78 Å². The molecule has 21 heavy (non-hydrogen) atoms. The van der Waals surface area contributed by atoms with Gasteiger partial charge in [-0.1, -0.05) is 0 Å². The van der Waals surface area contributed by atoms with Gasteiger partial charge in [0.05, 0.1) is 4.47 Å². The van der Waals surface area contributed by atoms with Crippen LogP contribution in [-0.4, -0.2) is 28.1 Å². The average molecular weight is 406 g/mol. The second kappa shape index (κ2) is 7.82. The molecule has 4 nitrogen and oxygen atoms in total. The van der Waals surface area contributed by atoms with Crippen molar-refractivity contribution in [2.24, 2.45) is 5.92 Å². The first-order chi connectivity index (χ1) is 9.40. The van der Waals surface area contributed by atoms with Crippen LogP contribution in [0.5, 0.6) is 0 Å². The van der Waals surface area contributed by atoms with Gasteiger partial charge >= 0.3 is 0 Å². The Morgan fingerprint density at radius 2 is 2.05 bits per heavy atom. The van der Waals surface area contributed by atoms with E-state index in [1.54, 1.807) is 0 Å². The number of hydrogen-bond acceptors (Lipinski definition) is 3. The number of halogens is 4. The van der Waals surface area contributed by atoms with E-state index in [4.69, 9.17) is 0 Å².